The van der Waals surface area contributed by atoms with Crippen LogP contribution in [0.1, 0.15) is 28.0 Å². The Hall–Kier alpha value is -1.76. The van der Waals surface area contributed by atoms with Crippen molar-refractivity contribution >= 4 is 22.4 Å². The number of aromatic nitrogens is 3. The van der Waals surface area contributed by atoms with Crippen LogP contribution in [0.4, 0.5) is 0 Å². The van der Waals surface area contributed by atoms with E-state index in [1.54, 1.807) is 0 Å². The standard InChI is InChI=1S/C14H17N5S/c1-8-18-14(20-19-8)13(16)9-2-3-12-11(6-9)10(4-5-15)7-17-12/h2-3,6-7,13,17H,4-5,15-16H2,1H3. The van der Waals surface area contributed by atoms with E-state index in [2.05, 4.69) is 26.5 Å². The van der Waals surface area contributed by atoms with Crippen LogP contribution in [0.5, 0.6) is 0 Å². The fourth-order valence-electron chi connectivity index (χ4n) is 2.33. The zero-order valence-corrected chi connectivity index (χ0v) is 12.1. The number of fused-ring (bicyclic) bond motifs is 1. The van der Waals surface area contributed by atoms with Crippen molar-refractivity contribution in [1.29, 1.82) is 0 Å². The molecule has 0 aliphatic carbocycles. The minimum absolute atomic E-state index is 0.230. The molecule has 5 N–H and O–H groups in total. The molecule has 0 aliphatic rings. The van der Waals surface area contributed by atoms with Crippen LogP contribution in [0.25, 0.3) is 10.9 Å². The van der Waals surface area contributed by atoms with Gasteiger partial charge in [-0.3, -0.25) is 0 Å². The summed E-state index contributed by atoms with van der Waals surface area (Å²) in [6.07, 6.45) is 2.87. The van der Waals surface area contributed by atoms with E-state index in [0.29, 0.717) is 6.54 Å². The van der Waals surface area contributed by atoms with Crippen molar-refractivity contribution in [3.8, 4) is 0 Å². The molecular formula is C14H17N5S. The van der Waals surface area contributed by atoms with Gasteiger partial charge in [-0.05, 0) is 54.7 Å². The zero-order chi connectivity index (χ0) is 14.1. The highest BCUT2D eigenvalue weighted by Gasteiger charge is 2.15. The lowest BCUT2D eigenvalue weighted by Crippen LogP contribution is -2.11. The highest BCUT2D eigenvalue weighted by Crippen LogP contribution is 2.26. The molecule has 6 heteroatoms. The number of hydrogen-bond donors (Lipinski definition) is 3. The Morgan fingerprint density at radius 2 is 2.25 bits per heavy atom. The van der Waals surface area contributed by atoms with E-state index < -0.39 is 0 Å². The molecule has 0 saturated carbocycles. The van der Waals surface area contributed by atoms with Gasteiger partial charge >= 0.3 is 0 Å². The molecule has 1 unspecified atom stereocenters. The molecule has 0 bridgehead atoms. The van der Waals surface area contributed by atoms with Crippen LogP contribution in [0.3, 0.4) is 0 Å². The van der Waals surface area contributed by atoms with Gasteiger partial charge in [0.2, 0.25) is 0 Å². The first-order chi connectivity index (χ1) is 9.69. The van der Waals surface area contributed by atoms with E-state index in [0.717, 1.165) is 28.3 Å². The average Bonchev–Trinajstić information content (AvgIpc) is 3.05. The third-order valence-electron chi connectivity index (χ3n) is 3.37. The molecule has 0 spiro atoms. The van der Waals surface area contributed by atoms with E-state index >= 15 is 0 Å². The molecule has 2 aromatic heterocycles. The van der Waals surface area contributed by atoms with Crippen LogP contribution in [0.15, 0.2) is 24.4 Å². The first kappa shape index (κ1) is 13.2. The second kappa shape index (κ2) is 5.32. The minimum Gasteiger partial charge on any atom is -0.361 e. The summed E-state index contributed by atoms with van der Waals surface area (Å²) in [5.41, 5.74) is 15.3. The van der Waals surface area contributed by atoms with Gasteiger partial charge in [0.15, 0.2) is 0 Å². The van der Waals surface area contributed by atoms with E-state index in [9.17, 15) is 0 Å². The second-order valence-corrected chi connectivity index (χ2v) is 5.60. The van der Waals surface area contributed by atoms with E-state index in [1.807, 2.05) is 19.2 Å². The maximum Gasteiger partial charge on any atom is 0.139 e. The lowest BCUT2D eigenvalue weighted by molar-refractivity contribution is 0.852. The Morgan fingerprint density at radius 3 is 2.95 bits per heavy atom. The average molecular weight is 287 g/mol. The fraction of sp³-hybridized carbons (Fsp3) is 0.286. The maximum atomic E-state index is 6.29. The van der Waals surface area contributed by atoms with Crippen molar-refractivity contribution < 1.29 is 0 Å². The molecule has 0 saturated heterocycles. The van der Waals surface area contributed by atoms with Gasteiger partial charge in [-0.15, -0.1) is 0 Å². The number of benzene rings is 1. The Morgan fingerprint density at radius 1 is 1.40 bits per heavy atom. The lowest BCUT2D eigenvalue weighted by atomic mass is 10.0. The van der Waals surface area contributed by atoms with Crippen LogP contribution >= 0.6 is 11.5 Å². The number of aryl methyl sites for hydroxylation is 1. The monoisotopic (exact) mass is 287 g/mol. The highest BCUT2D eigenvalue weighted by atomic mass is 32.1. The molecule has 3 aromatic rings. The molecule has 1 atom stereocenters. The van der Waals surface area contributed by atoms with Crippen molar-refractivity contribution in [3.63, 3.8) is 0 Å². The van der Waals surface area contributed by atoms with Crippen molar-refractivity contribution in [2.24, 2.45) is 11.5 Å². The SMILES string of the molecule is Cc1nsc(C(N)c2ccc3[nH]cc(CCN)c3c2)n1. The Balaban J connectivity index is 2.01. The number of nitrogens with two attached hydrogens (primary N) is 2. The van der Waals surface area contributed by atoms with E-state index in [-0.39, 0.29) is 6.04 Å². The van der Waals surface area contributed by atoms with E-state index in [1.165, 1.54) is 22.5 Å². The maximum absolute atomic E-state index is 6.29. The molecule has 20 heavy (non-hydrogen) atoms. The Kier molecular flexibility index (Phi) is 3.52. The van der Waals surface area contributed by atoms with Crippen LogP contribution in [0, 0.1) is 6.92 Å². The van der Waals surface area contributed by atoms with Gasteiger partial charge in [-0.25, -0.2) is 4.98 Å². The first-order valence-corrected chi connectivity index (χ1v) is 7.32. The molecule has 1 aromatic carbocycles. The summed E-state index contributed by atoms with van der Waals surface area (Å²) in [5, 5.41) is 2.03. The smallest absolute Gasteiger partial charge is 0.139 e. The van der Waals surface area contributed by atoms with Gasteiger partial charge in [-0.2, -0.15) is 4.37 Å². The third kappa shape index (κ3) is 2.33. The summed E-state index contributed by atoms with van der Waals surface area (Å²) in [6.45, 7) is 2.51. The van der Waals surface area contributed by atoms with Gasteiger partial charge < -0.3 is 16.5 Å². The lowest BCUT2D eigenvalue weighted by Gasteiger charge is -2.09. The first-order valence-electron chi connectivity index (χ1n) is 6.55. The predicted octanol–water partition coefficient (Wildman–Crippen LogP) is 1.88. The summed E-state index contributed by atoms with van der Waals surface area (Å²) in [6, 6.07) is 5.98. The quantitative estimate of drug-likeness (QED) is 0.683. The number of hydrogen-bond acceptors (Lipinski definition) is 5. The summed E-state index contributed by atoms with van der Waals surface area (Å²) in [4.78, 5) is 7.63. The Labute approximate surface area is 121 Å². The second-order valence-electron chi connectivity index (χ2n) is 4.82. The molecule has 0 amide bonds. The molecule has 104 valence electrons. The van der Waals surface area contributed by atoms with Gasteiger partial charge in [0.05, 0.1) is 6.04 Å². The van der Waals surface area contributed by atoms with Gasteiger partial charge in [0, 0.05) is 17.1 Å². The minimum atomic E-state index is -0.230. The van der Waals surface area contributed by atoms with Crippen LogP contribution in [-0.2, 0) is 6.42 Å². The third-order valence-corrected chi connectivity index (χ3v) is 4.26. The summed E-state index contributed by atoms with van der Waals surface area (Å²) >= 11 is 1.36. The van der Waals surface area contributed by atoms with Crippen molar-refractivity contribution in [2.75, 3.05) is 6.54 Å². The molecule has 0 fully saturated rings. The van der Waals surface area contributed by atoms with Crippen molar-refractivity contribution in [3.05, 3.63) is 46.4 Å². The molecular weight excluding hydrogens is 270 g/mol. The summed E-state index contributed by atoms with van der Waals surface area (Å²) in [7, 11) is 0. The topological polar surface area (TPSA) is 93.6 Å². The normalized spacial score (nSPS) is 12.9. The van der Waals surface area contributed by atoms with Crippen LogP contribution < -0.4 is 11.5 Å². The molecule has 3 rings (SSSR count). The Bertz CT molecular complexity index is 730. The number of rotatable bonds is 4. The van der Waals surface area contributed by atoms with Crippen molar-refractivity contribution in [2.45, 2.75) is 19.4 Å². The van der Waals surface area contributed by atoms with Crippen LogP contribution in [0.2, 0.25) is 0 Å². The number of aromatic amines is 1. The zero-order valence-electron chi connectivity index (χ0n) is 11.3. The highest BCUT2D eigenvalue weighted by molar-refractivity contribution is 7.05. The molecule has 5 nitrogen and oxygen atoms in total. The number of nitrogens with one attached hydrogen (secondary N) is 1. The van der Waals surface area contributed by atoms with Crippen LogP contribution in [-0.4, -0.2) is 20.9 Å². The van der Waals surface area contributed by atoms with Crippen molar-refractivity contribution in [1.82, 2.24) is 14.3 Å². The predicted molar refractivity (Wildman–Crippen MR) is 81.7 cm³/mol. The van der Waals surface area contributed by atoms with E-state index in [4.69, 9.17) is 11.5 Å². The van der Waals surface area contributed by atoms with Gasteiger partial charge in [0.25, 0.3) is 0 Å². The number of H-pyrrole nitrogens is 1. The summed E-state index contributed by atoms with van der Waals surface area (Å²) < 4.78 is 4.19. The van der Waals surface area contributed by atoms with Gasteiger partial charge in [-0.1, -0.05) is 6.07 Å². The molecule has 0 aliphatic heterocycles. The largest absolute Gasteiger partial charge is 0.361 e. The summed E-state index contributed by atoms with van der Waals surface area (Å²) in [5.74, 6) is 0.770. The van der Waals surface area contributed by atoms with Gasteiger partial charge in [0.1, 0.15) is 10.8 Å². The molecule has 0 radical (unpaired) electrons. The molecule has 2 heterocycles. The number of nitrogens with zero attached hydrogens (tertiary/aromatic N) is 2. The fourth-order valence-corrected chi connectivity index (χ4v) is 3.02.